The van der Waals surface area contributed by atoms with Crippen molar-refractivity contribution in [1.82, 2.24) is 9.88 Å². The maximum Gasteiger partial charge on any atom is 0.294 e. The highest BCUT2D eigenvalue weighted by atomic mass is 32.1. The van der Waals surface area contributed by atoms with Gasteiger partial charge in [-0.1, -0.05) is 31.0 Å². The van der Waals surface area contributed by atoms with Crippen LogP contribution in [-0.4, -0.2) is 55.8 Å². The summed E-state index contributed by atoms with van der Waals surface area (Å²) in [6.45, 7) is 6.00. The minimum absolute atomic E-state index is 0. The van der Waals surface area contributed by atoms with Crippen LogP contribution < -0.4 is 5.32 Å². The number of aromatic nitrogens is 1. The van der Waals surface area contributed by atoms with Gasteiger partial charge in [0.05, 0.1) is 6.10 Å². The van der Waals surface area contributed by atoms with Crippen molar-refractivity contribution in [2.75, 3.05) is 32.7 Å². The molecule has 2 aromatic rings. The van der Waals surface area contributed by atoms with E-state index in [9.17, 15) is 9.59 Å². The maximum absolute atomic E-state index is 11.7. The van der Waals surface area contributed by atoms with Crippen LogP contribution in [0.2, 0.25) is 0 Å². The maximum atomic E-state index is 11.7. The molecule has 1 fully saturated rings. The minimum Gasteiger partial charge on any atom is -0.452 e. The number of carbonyl (C=O) groups is 2. The van der Waals surface area contributed by atoms with E-state index in [2.05, 4.69) is 22.0 Å². The number of benzene rings is 1. The van der Waals surface area contributed by atoms with Gasteiger partial charge >= 0.3 is 0 Å². The summed E-state index contributed by atoms with van der Waals surface area (Å²) in [5, 5.41) is 5.18. The summed E-state index contributed by atoms with van der Waals surface area (Å²) in [5.41, 5.74) is 1.79. The van der Waals surface area contributed by atoms with Gasteiger partial charge in [0.1, 0.15) is 6.73 Å². The van der Waals surface area contributed by atoms with E-state index in [1.165, 1.54) is 37.0 Å². The second-order valence-electron chi connectivity index (χ2n) is 7.05. The highest BCUT2D eigenvalue weighted by Gasteiger charge is 2.12. The Morgan fingerprint density at radius 3 is 2.60 bits per heavy atom. The van der Waals surface area contributed by atoms with Crippen molar-refractivity contribution in [1.29, 1.82) is 0 Å². The molecule has 1 N–H and O–H groups in total. The van der Waals surface area contributed by atoms with E-state index < -0.39 is 0 Å². The van der Waals surface area contributed by atoms with Crippen molar-refractivity contribution in [3.63, 3.8) is 0 Å². The van der Waals surface area contributed by atoms with Crippen LogP contribution in [0.25, 0.3) is 0 Å². The second-order valence-corrected chi connectivity index (χ2v) is 7.95. The SMILES string of the molecule is CCCC1CCCO1.CN(C)COC=O.Cc1ccc(C(=O)Nc2nccs2)cc1.[HH]. The third kappa shape index (κ3) is 11.6. The summed E-state index contributed by atoms with van der Waals surface area (Å²) < 4.78 is 9.73. The van der Waals surface area contributed by atoms with Crippen LogP contribution in [0, 0.1) is 6.92 Å². The molecule has 30 heavy (non-hydrogen) atoms. The molecular formula is C22H35N3O4S. The predicted molar refractivity (Wildman–Crippen MR) is 123 cm³/mol. The summed E-state index contributed by atoms with van der Waals surface area (Å²) in [7, 11) is 3.65. The largest absolute Gasteiger partial charge is 0.452 e. The van der Waals surface area contributed by atoms with Crippen LogP contribution in [0.5, 0.6) is 0 Å². The highest BCUT2D eigenvalue weighted by Crippen LogP contribution is 2.16. The highest BCUT2D eigenvalue weighted by molar-refractivity contribution is 7.13. The van der Waals surface area contributed by atoms with Gasteiger partial charge in [0.15, 0.2) is 5.13 Å². The lowest BCUT2D eigenvalue weighted by atomic mass is 10.1. The number of carbonyl (C=O) groups excluding carboxylic acids is 2. The molecule has 0 aliphatic carbocycles. The zero-order valence-corrected chi connectivity index (χ0v) is 19.1. The number of hydrogen-bond donors (Lipinski definition) is 1. The van der Waals surface area contributed by atoms with Gasteiger partial charge in [-0.2, -0.15) is 0 Å². The smallest absolute Gasteiger partial charge is 0.294 e. The topological polar surface area (TPSA) is 80.8 Å². The van der Waals surface area contributed by atoms with Gasteiger partial charge in [0, 0.05) is 25.2 Å². The number of rotatable bonds is 7. The summed E-state index contributed by atoms with van der Waals surface area (Å²) in [6, 6.07) is 7.43. The normalized spacial score (nSPS) is 14.8. The first-order valence-corrected chi connectivity index (χ1v) is 10.9. The minimum atomic E-state index is -0.120. The zero-order chi connectivity index (χ0) is 22.2. The first-order chi connectivity index (χ1) is 14.5. The average Bonchev–Trinajstić information content (AvgIpc) is 3.42. The molecule has 0 spiro atoms. The molecule has 3 rings (SSSR count). The van der Waals surface area contributed by atoms with Crippen LogP contribution in [0.1, 0.15) is 50.0 Å². The molecule has 7 nitrogen and oxygen atoms in total. The quantitative estimate of drug-likeness (QED) is 0.504. The van der Waals surface area contributed by atoms with E-state index in [-0.39, 0.29) is 7.33 Å². The number of nitrogens with one attached hydrogen (secondary N) is 1. The summed E-state index contributed by atoms with van der Waals surface area (Å²) in [4.78, 5) is 26.9. The Bertz CT molecular complexity index is 706. The van der Waals surface area contributed by atoms with Crippen LogP contribution in [0.3, 0.4) is 0 Å². The van der Waals surface area contributed by atoms with Crippen molar-refractivity contribution in [3.05, 3.63) is 47.0 Å². The molecule has 1 amide bonds. The molecule has 1 saturated heterocycles. The molecule has 1 aromatic heterocycles. The van der Waals surface area contributed by atoms with E-state index in [1.807, 2.05) is 38.5 Å². The van der Waals surface area contributed by atoms with Gasteiger partial charge in [-0.15, -0.1) is 11.3 Å². The van der Waals surface area contributed by atoms with Gasteiger partial charge in [-0.25, -0.2) is 4.98 Å². The van der Waals surface area contributed by atoms with Gasteiger partial charge < -0.3 is 9.47 Å². The molecule has 1 aliphatic heterocycles. The van der Waals surface area contributed by atoms with Crippen molar-refractivity contribution in [2.45, 2.75) is 45.6 Å². The fraction of sp³-hybridized carbons (Fsp3) is 0.500. The molecule has 0 saturated carbocycles. The molecule has 1 aromatic carbocycles. The van der Waals surface area contributed by atoms with Crippen molar-refractivity contribution < 1.29 is 20.5 Å². The van der Waals surface area contributed by atoms with Crippen molar-refractivity contribution in [3.8, 4) is 0 Å². The number of anilines is 1. The first-order valence-electron chi connectivity index (χ1n) is 10.0. The number of hydrogen-bond acceptors (Lipinski definition) is 7. The Balaban J connectivity index is 0.000000479. The Morgan fingerprint density at radius 2 is 2.13 bits per heavy atom. The fourth-order valence-electron chi connectivity index (χ4n) is 2.53. The first kappa shape index (κ1) is 25.7. The van der Waals surface area contributed by atoms with E-state index in [0.717, 1.165) is 12.2 Å². The number of nitrogens with zero attached hydrogens (tertiary/aromatic N) is 2. The summed E-state index contributed by atoms with van der Waals surface area (Å²) in [6.07, 6.45) is 7.39. The third-order valence-electron chi connectivity index (χ3n) is 4.00. The van der Waals surface area contributed by atoms with Crippen LogP contribution in [0.15, 0.2) is 35.8 Å². The van der Waals surface area contributed by atoms with Gasteiger partial charge in [0.25, 0.3) is 12.4 Å². The van der Waals surface area contributed by atoms with Gasteiger partial charge in [-0.05, 0) is 52.4 Å². The predicted octanol–water partition coefficient (Wildman–Crippen LogP) is 4.59. The number of amides is 1. The molecule has 1 atom stereocenters. The Labute approximate surface area is 184 Å². The molecular weight excluding hydrogens is 402 g/mol. The van der Waals surface area contributed by atoms with E-state index in [4.69, 9.17) is 4.74 Å². The second kappa shape index (κ2) is 15.5. The Morgan fingerprint density at radius 1 is 1.40 bits per heavy atom. The monoisotopic (exact) mass is 437 g/mol. The third-order valence-corrected chi connectivity index (χ3v) is 4.69. The van der Waals surface area contributed by atoms with E-state index >= 15 is 0 Å². The molecule has 1 unspecified atom stereocenters. The number of ether oxygens (including phenoxy) is 2. The number of aryl methyl sites for hydroxylation is 1. The fourth-order valence-corrected chi connectivity index (χ4v) is 3.06. The Kier molecular flexibility index (Phi) is 13.3. The average molecular weight is 438 g/mol. The lowest BCUT2D eigenvalue weighted by Gasteiger charge is -2.04. The van der Waals surface area contributed by atoms with E-state index in [1.54, 1.807) is 23.2 Å². The van der Waals surface area contributed by atoms with Gasteiger partial charge in [-0.3, -0.25) is 19.8 Å². The van der Waals surface area contributed by atoms with Crippen LogP contribution >= 0.6 is 11.3 Å². The standard InChI is InChI=1S/C11H10N2OS.C7H14O.C4H9NO2.H2/c1-8-2-4-9(5-3-8)10(14)13-11-12-6-7-15-11;1-2-4-7-5-3-6-8-7;1-5(2)3-7-4-6;/h2-7H,1H3,(H,12,13,14);7H,2-6H2,1H3;4H,3H2,1-2H3;1H. The number of thiazole rings is 1. The summed E-state index contributed by atoms with van der Waals surface area (Å²) >= 11 is 1.41. The van der Waals surface area contributed by atoms with E-state index in [0.29, 0.717) is 30.0 Å². The Hall–Kier alpha value is -2.29. The summed E-state index contributed by atoms with van der Waals surface area (Å²) in [5.74, 6) is -0.120. The molecule has 168 valence electrons. The van der Waals surface area contributed by atoms with Crippen molar-refractivity contribution in [2.24, 2.45) is 0 Å². The van der Waals surface area contributed by atoms with Crippen molar-refractivity contribution >= 4 is 28.8 Å². The lowest BCUT2D eigenvalue weighted by Crippen LogP contribution is -2.14. The molecule has 0 bridgehead atoms. The molecule has 8 heteroatoms. The lowest BCUT2D eigenvalue weighted by molar-refractivity contribution is -0.132. The van der Waals surface area contributed by atoms with Crippen LogP contribution in [0.4, 0.5) is 5.13 Å². The molecule has 1 aliphatic rings. The molecule has 0 radical (unpaired) electrons. The molecule has 2 heterocycles. The van der Waals surface area contributed by atoms with Gasteiger partial charge in [0.2, 0.25) is 0 Å². The van der Waals surface area contributed by atoms with Crippen LogP contribution in [-0.2, 0) is 14.3 Å². The zero-order valence-electron chi connectivity index (χ0n) is 18.3.